The van der Waals surface area contributed by atoms with Gasteiger partial charge in [-0.2, -0.15) is 0 Å². The second kappa shape index (κ2) is 5.75. The summed E-state index contributed by atoms with van der Waals surface area (Å²) in [6.45, 7) is 5.77. The predicted octanol–water partition coefficient (Wildman–Crippen LogP) is 4.14. The number of thiazole rings is 1. The van der Waals surface area contributed by atoms with Crippen LogP contribution in [-0.2, 0) is 0 Å². The Morgan fingerprint density at radius 2 is 1.95 bits per heavy atom. The van der Waals surface area contributed by atoms with Gasteiger partial charge in [-0.25, -0.2) is 13.8 Å². The van der Waals surface area contributed by atoms with Gasteiger partial charge in [-0.3, -0.25) is 0 Å². The van der Waals surface area contributed by atoms with Crippen molar-refractivity contribution in [1.82, 2.24) is 10.3 Å². The van der Waals surface area contributed by atoms with Gasteiger partial charge in [0.1, 0.15) is 5.01 Å². The van der Waals surface area contributed by atoms with Crippen LogP contribution in [0.3, 0.4) is 0 Å². The van der Waals surface area contributed by atoms with Crippen LogP contribution in [-0.4, -0.2) is 4.98 Å². The van der Waals surface area contributed by atoms with Crippen molar-refractivity contribution in [3.8, 4) is 0 Å². The minimum Gasteiger partial charge on any atom is -0.301 e. The molecule has 2 atom stereocenters. The van der Waals surface area contributed by atoms with Crippen molar-refractivity contribution >= 4 is 11.3 Å². The van der Waals surface area contributed by atoms with Crippen molar-refractivity contribution in [2.75, 3.05) is 0 Å². The lowest BCUT2D eigenvalue weighted by atomic mass is 10.1. The standard InChI is InChI=1S/C14H16F2N2S/c1-8-7-17-14(19-8)10(3)18-9(2)11-5-4-6-12(15)13(11)16/h4-7,9-10,18H,1-3H3. The summed E-state index contributed by atoms with van der Waals surface area (Å²) in [6, 6.07) is 3.95. The Bertz CT molecular complexity index is 568. The second-order valence-electron chi connectivity index (χ2n) is 4.56. The SMILES string of the molecule is Cc1cnc(C(C)NC(C)c2cccc(F)c2F)s1. The Hall–Kier alpha value is -1.33. The Morgan fingerprint density at radius 1 is 1.21 bits per heavy atom. The van der Waals surface area contributed by atoms with Crippen molar-refractivity contribution < 1.29 is 8.78 Å². The van der Waals surface area contributed by atoms with Crippen LogP contribution >= 0.6 is 11.3 Å². The van der Waals surface area contributed by atoms with E-state index in [4.69, 9.17) is 0 Å². The summed E-state index contributed by atoms with van der Waals surface area (Å²) in [6.07, 6.45) is 1.81. The average Bonchev–Trinajstić information content (AvgIpc) is 2.79. The molecule has 2 unspecified atom stereocenters. The van der Waals surface area contributed by atoms with Crippen LogP contribution in [0.1, 0.15) is 41.4 Å². The summed E-state index contributed by atoms with van der Waals surface area (Å²) in [5, 5.41) is 4.18. The summed E-state index contributed by atoms with van der Waals surface area (Å²) in [7, 11) is 0. The number of benzene rings is 1. The molecule has 1 aromatic heterocycles. The Labute approximate surface area is 115 Å². The summed E-state index contributed by atoms with van der Waals surface area (Å²) >= 11 is 1.60. The van der Waals surface area contributed by atoms with Gasteiger partial charge in [-0.15, -0.1) is 11.3 Å². The normalized spacial score (nSPS) is 14.4. The maximum absolute atomic E-state index is 13.7. The number of hydrogen-bond donors (Lipinski definition) is 1. The molecular weight excluding hydrogens is 266 g/mol. The summed E-state index contributed by atoms with van der Waals surface area (Å²) in [5.41, 5.74) is 0.333. The first-order chi connectivity index (χ1) is 8.99. The van der Waals surface area contributed by atoms with Crippen molar-refractivity contribution in [1.29, 1.82) is 0 Å². The third kappa shape index (κ3) is 3.16. The first-order valence-corrected chi connectivity index (χ1v) is 6.93. The van der Waals surface area contributed by atoms with Gasteiger partial charge in [-0.1, -0.05) is 12.1 Å². The van der Waals surface area contributed by atoms with Crippen LogP contribution in [0.2, 0.25) is 0 Å². The Balaban J connectivity index is 2.12. The predicted molar refractivity (Wildman–Crippen MR) is 73.2 cm³/mol. The zero-order valence-corrected chi connectivity index (χ0v) is 11.9. The molecule has 0 radical (unpaired) electrons. The van der Waals surface area contributed by atoms with E-state index in [-0.39, 0.29) is 12.1 Å². The molecule has 0 aliphatic carbocycles. The molecule has 0 spiro atoms. The second-order valence-corrected chi connectivity index (χ2v) is 5.83. The Morgan fingerprint density at radius 3 is 2.58 bits per heavy atom. The van der Waals surface area contributed by atoms with E-state index in [2.05, 4.69) is 10.3 Å². The molecule has 102 valence electrons. The number of aromatic nitrogens is 1. The van der Waals surface area contributed by atoms with E-state index in [0.29, 0.717) is 5.56 Å². The minimum absolute atomic E-state index is 0.00336. The van der Waals surface area contributed by atoms with Crippen molar-refractivity contribution in [3.05, 3.63) is 51.5 Å². The number of hydrogen-bond acceptors (Lipinski definition) is 3. The van der Waals surface area contributed by atoms with Crippen molar-refractivity contribution in [3.63, 3.8) is 0 Å². The highest BCUT2D eigenvalue weighted by molar-refractivity contribution is 7.11. The molecule has 0 saturated heterocycles. The molecule has 0 bridgehead atoms. The van der Waals surface area contributed by atoms with Crippen LogP contribution in [0.15, 0.2) is 24.4 Å². The molecule has 1 heterocycles. The molecule has 1 N–H and O–H groups in total. The van der Waals surface area contributed by atoms with Gasteiger partial charge in [0, 0.05) is 22.7 Å². The van der Waals surface area contributed by atoms with E-state index in [9.17, 15) is 8.78 Å². The van der Waals surface area contributed by atoms with Gasteiger partial charge < -0.3 is 5.32 Å². The number of nitrogens with one attached hydrogen (secondary N) is 1. The van der Waals surface area contributed by atoms with E-state index in [1.165, 1.54) is 6.07 Å². The monoisotopic (exact) mass is 282 g/mol. The number of halogens is 2. The summed E-state index contributed by atoms with van der Waals surface area (Å²) in [4.78, 5) is 5.42. The van der Waals surface area contributed by atoms with Crippen molar-refractivity contribution in [2.45, 2.75) is 32.9 Å². The lowest BCUT2D eigenvalue weighted by molar-refractivity contribution is 0.448. The smallest absolute Gasteiger partial charge is 0.163 e. The molecule has 0 saturated carbocycles. The molecule has 2 nitrogen and oxygen atoms in total. The third-order valence-electron chi connectivity index (χ3n) is 2.96. The van der Waals surface area contributed by atoms with Crippen molar-refractivity contribution in [2.24, 2.45) is 0 Å². The zero-order valence-electron chi connectivity index (χ0n) is 11.1. The van der Waals surface area contributed by atoms with Crippen LogP contribution in [0, 0.1) is 18.6 Å². The topological polar surface area (TPSA) is 24.9 Å². The molecule has 0 aliphatic heterocycles. The van der Waals surface area contributed by atoms with E-state index in [0.717, 1.165) is 16.0 Å². The van der Waals surface area contributed by atoms with Gasteiger partial charge in [0.05, 0.1) is 6.04 Å². The molecule has 2 aromatic rings. The zero-order chi connectivity index (χ0) is 14.0. The number of rotatable bonds is 4. The third-order valence-corrected chi connectivity index (χ3v) is 4.05. The number of nitrogens with zero attached hydrogens (tertiary/aromatic N) is 1. The van der Waals surface area contributed by atoms with Crippen LogP contribution in [0.25, 0.3) is 0 Å². The number of aryl methyl sites for hydroxylation is 1. The maximum Gasteiger partial charge on any atom is 0.163 e. The molecule has 1 aromatic carbocycles. The molecular formula is C14H16F2N2S. The molecule has 0 fully saturated rings. The summed E-state index contributed by atoms with van der Waals surface area (Å²) in [5.74, 6) is -1.60. The minimum atomic E-state index is -0.816. The lowest BCUT2D eigenvalue weighted by Crippen LogP contribution is -2.23. The van der Waals surface area contributed by atoms with E-state index in [1.807, 2.05) is 27.0 Å². The highest BCUT2D eigenvalue weighted by atomic mass is 32.1. The van der Waals surface area contributed by atoms with Crippen LogP contribution in [0.4, 0.5) is 8.78 Å². The van der Waals surface area contributed by atoms with E-state index >= 15 is 0 Å². The van der Waals surface area contributed by atoms with Gasteiger partial charge in [0.2, 0.25) is 0 Å². The summed E-state index contributed by atoms with van der Waals surface area (Å²) < 4.78 is 26.9. The molecule has 19 heavy (non-hydrogen) atoms. The molecule has 5 heteroatoms. The van der Waals surface area contributed by atoms with Crippen LogP contribution in [0.5, 0.6) is 0 Å². The highest BCUT2D eigenvalue weighted by Gasteiger charge is 2.17. The molecule has 0 amide bonds. The van der Waals surface area contributed by atoms with Gasteiger partial charge in [0.15, 0.2) is 11.6 Å². The Kier molecular flexibility index (Phi) is 4.27. The van der Waals surface area contributed by atoms with Gasteiger partial charge >= 0.3 is 0 Å². The first kappa shape index (κ1) is 14.1. The first-order valence-electron chi connectivity index (χ1n) is 6.11. The molecule has 2 rings (SSSR count). The van der Waals surface area contributed by atoms with E-state index < -0.39 is 11.6 Å². The fourth-order valence-electron chi connectivity index (χ4n) is 1.96. The fourth-order valence-corrected chi connectivity index (χ4v) is 2.75. The fraction of sp³-hybridized carbons (Fsp3) is 0.357. The van der Waals surface area contributed by atoms with Gasteiger partial charge in [-0.05, 0) is 26.8 Å². The average molecular weight is 282 g/mol. The largest absolute Gasteiger partial charge is 0.301 e. The van der Waals surface area contributed by atoms with Crippen LogP contribution < -0.4 is 5.32 Å². The van der Waals surface area contributed by atoms with E-state index in [1.54, 1.807) is 17.4 Å². The quantitative estimate of drug-likeness (QED) is 0.911. The van der Waals surface area contributed by atoms with Gasteiger partial charge in [0.25, 0.3) is 0 Å². The highest BCUT2D eigenvalue weighted by Crippen LogP contribution is 2.24. The lowest BCUT2D eigenvalue weighted by Gasteiger charge is -2.19. The molecule has 0 aliphatic rings. The maximum atomic E-state index is 13.7.